The maximum absolute atomic E-state index is 5.50. The van der Waals surface area contributed by atoms with Crippen LogP contribution in [-0.2, 0) is 5.41 Å². The minimum Gasteiger partial charge on any atom is -0.367 e. The number of hydrogen-bond donors (Lipinski definition) is 3. The summed E-state index contributed by atoms with van der Waals surface area (Å²) in [6.07, 6.45) is 6.40. The minimum atomic E-state index is -0.0874. The van der Waals surface area contributed by atoms with Crippen LogP contribution in [0.25, 0.3) is 0 Å². The van der Waals surface area contributed by atoms with Gasteiger partial charge in [0, 0.05) is 17.5 Å². The standard InChI is InChI=1S/C14H25N5/c1-14(2,3)13-17-11(9-12(18-13)19-15)16-10-7-5-4-6-8-10/h9-10H,4-8,15H2,1-3H3,(H2,16,17,18,19). The molecule has 1 aliphatic rings. The van der Waals surface area contributed by atoms with E-state index < -0.39 is 0 Å². The molecule has 1 fully saturated rings. The van der Waals surface area contributed by atoms with Crippen molar-refractivity contribution in [3.05, 3.63) is 11.9 Å². The van der Waals surface area contributed by atoms with Gasteiger partial charge in [-0.05, 0) is 12.8 Å². The smallest absolute Gasteiger partial charge is 0.145 e. The highest BCUT2D eigenvalue weighted by Crippen LogP contribution is 2.25. The monoisotopic (exact) mass is 263 g/mol. The minimum absolute atomic E-state index is 0.0874. The number of nitrogens with two attached hydrogens (primary N) is 1. The maximum Gasteiger partial charge on any atom is 0.145 e. The van der Waals surface area contributed by atoms with E-state index in [0.717, 1.165) is 11.6 Å². The van der Waals surface area contributed by atoms with E-state index in [0.29, 0.717) is 11.9 Å². The topological polar surface area (TPSA) is 75.9 Å². The van der Waals surface area contributed by atoms with Crippen molar-refractivity contribution >= 4 is 11.6 Å². The highest BCUT2D eigenvalue weighted by Gasteiger charge is 2.20. The summed E-state index contributed by atoms with van der Waals surface area (Å²) in [5, 5.41) is 3.52. The molecule has 0 radical (unpaired) electrons. The summed E-state index contributed by atoms with van der Waals surface area (Å²) in [4.78, 5) is 9.06. The third-order valence-corrected chi connectivity index (χ3v) is 3.50. The molecule has 1 saturated carbocycles. The van der Waals surface area contributed by atoms with Gasteiger partial charge in [-0.1, -0.05) is 40.0 Å². The molecule has 0 saturated heterocycles. The van der Waals surface area contributed by atoms with Crippen LogP contribution >= 0.6 is 0 Å². The van der Waals surface area contributed by atoms with Crippen LogP contribution in [0.4, 0.5) is 11.6 Å². The zero-order chi connectivity index (χ0) is 13.9. The Morgan fingerprint density at radius 2 is 1.74 bits per heavy atom. The largest absolute Gasteiger partial charge is 0.367 e. The molecule has 1 aromatic rings. The number of aromatic nitrogens is 2. The predicted octanol–water partition coefficient (Wildman–Crippen LogP) is 2.80. The van der Waals surface area contributed by atoms with Gasteiger partial charge in [-0.25, -0.2) is 15.8 Å². The molecule has 19 heavy (non-hydrogen) atoms. The van der Waals surface area contributed by atoms with Crippen molar-refractivity contribution in [1.29, 1.82) is 0 Å². The Morgan fingerprint density at radius 1 is 1.11 bits per heavy atom. The van der Waals surface area contributed by atoms with Crippen molar-refractivity contribution in [2.24, 2.45) is 5.84 Å². The van der Waals surface area contributed by atoms with Gasteiger partial charge in [-0.2, -0.15) is 0 Å². The second-order valence-electron chi connectivity index (χ2n) is 6.34. The normalized spacial score (nSPS) is 17.3. The Kier molecular flexibility index (Phi) is 4.24. The van der Waals surface area contributed by atoms with E-state index in [1.807, 2.05) is 6.07 Å². The lowest BCUT2D eigenvalue weighted by Crippen LogP contribution is -2.25. The van der Waals surface area contributed by atoms with Gasteiger partial charge in [-0.15, -0.1) is 0 Å². The second kappa shape index (κ2) is 5.74. The second-order valence-corrected chi connectivity index (χ2v) is 6.34. The van der Waals surface area contributed by atoms with Crippen LogP contribution < -0.4 is 16.6 Å². The zero-order valence-corrected chi connectivity index (χ0v) is 12.2. The van der Waals surface area contributed by atoms with Gasteiger partial charge < -0.3 is 10.7 Å². The number of rotatable bonds is 3. The fourth-order valence-electron chi connectivity index (χ4n) is 2.39. The molecule has 1 aliphatic carbocycles. The summed E-state index contributed by atoms with van der Waals surface area (Å²) in [6, 6.07) is 2.41. The van der Waals surface area contributed by atoms with Gasteiger partial charge in [0.25, 0.3) is 0 Å². The number of nitrogen functional groups attached to an aromatic ring is 1. The van der Waals surface area contributed by atoms with Crippen molar-refractivity contribution in [3.8, 4) is 0 Å². The molecule has 4 N–H and O–H groups in total. The fraction of sp³-hybridized carbons (Fsp3) is 0.714. The third-order valence-electron chi connectivity index (χ3n) is 3.50. The molecule has 106 valence electrons. The average molecular weight is 263 g/mol. The molecule has 0 spiro atoms. The molecule has 5 heteroatoms. The van der Waals surface area contributed by atoms with Crippen molar-refractivity contribution in [2.75, 3.05) is 10.7 Å². The van der Waals surface area contributed by atoms with E-state index in [-0.39, 0.29) is 5.41 Å². The average Bonchev–Trinajstić information content (AvgIpc) is 2.38. The molecule has 1 heterocycles. The lowest BCUT2D eigenvalue weighted by atomic mass is 9.95. The first kappa shape index (κ1) is 14.1. The number of hydrazine groups is 1. The van der Waals surface area contributed by atoms with E-state index in [1.54, 1.807) is 0 Å². The highest BCUT2D eigenvalue weighted by molar-refractivity contribution is 5.48. The molecule has 0 aliphatic heterocycles. The van der Waals surface area contributed by atoms with Gasteiger partial charge in [-0.3, -0.25) is 0 Å². The maximum atomic E-state index is 5.50. The number of nitrogens with zero attached hydrogens (tertiary/aromatic N) is 2. The van der Waals surface area contributed by atoms with E-state index in [4.69, 9.17) is 5.84 Å². The molecule has 0 bridgehead atoms. The van der Waals surface area contributed by atoms with Crippen LogP contribution in [0.2, 0.25) is 0 Å². The van der Waals surface area contributed by atoms with Gasteiger partial charge in [0.05, 0.1) is 0 Å². The molecule has 0 unspecified atom stereocenters. The summed E-state index contributed by atoms with van der Waals surface area (Å²) >= 11 is 0. The number of nitrogens with one attached hydrogen (secondary N) is 2. The molecule has 0 amide bonds. The van der Waals surface area contributed by atoms with Gasteiger partial charge in [0.2, 0.25) is 0 Å². The van der Waals surface area contributed by atoms with Crippen LogP contribution in [0, 0.1) is 0 Å². The van der Waals surface area contributed by atoms with Crippen LogP contribution in [0.1, 0.15) is 58.7 Å². The number of anilines is 2. The summed E-state index contributed by atoms with van der Waals surface area (Å²) in [6.45, 7) is 6.31. The molecular formula is C14H25N5. The Morgan fingerprint density at radius 3 is 2.32 bits per heavy atom. The van der Waals surface area contributed by atoms with Crippen LogP contribution in [0.3, 0.4) is 0 Å². The summed E-state index contributed by atoms with van der Waals surface area (Å²) < 4.78 is 0. The molecule has 5 nitrogen and oxygen atoms in total. The van der Waals surface area contributed by atoms with Crippen LogP contribution in [0.5, 0.6) is 0 Å². The first-order valence-corrected chi connectivity index (χ1v) is 7.12. The summed E-state index contributed by atoms with van der Waals surface area (Å²) in [5.74, 6) is 7.84. The number of hydrogen-bond acceptors (Lipinski definition) is 5. The van der Waals surface area contributed by atoms with E-state index >= 15 is 0 Å². The fourth-order valence-corrected chi connectivity index (χ4v) is 2.39. The Balaban J connectivity index is 2.19. The summed E-state index contributed by atoms with van der Waals surface area (Å²) in [5.41, 5.74) is 2.54. The SMILES string of the molecule is CC(C)(C)c1nc(NN)cc(NC2CCCCC2)n1. The summed E-state index contributed by atoms with van der Waals surface area (Å²) in [7, 11) is 0. The Hall–Kier alpha value is -1.36. The van der Waals surface area contributed by atoms with E-state index in [9.17, 15) is 0 Å². The van der Waals surface area contributed by atoms with E-state index in [2.05, 4.69) is 41.5 Å². The van der Waals surface area contributed by atoms with Crippen molar-refractivity contribution in [3.63, 3.8) is 0 Å². The molecule has 2 rings (SSSR count). The lowest BCUT2D eigenvalue weighted by Gasteiger charge is -2.25. The van der Waals surface area contributed by atoms with Crippen molar-refractivity contribution in [1.82, 2.24) is 9.97 Å². The first-order valence-electron chi connectivity index (χ1n) is 7.12. The quantitative estimate of drug-likeness (QED) is 0.577. The van der Waals surface area contributed by atoms with Gasteiger partial charge in [0.15, 0.2) is 0 Å². The highest BCUT2D eigenvalue weighted by atomic mass is 15.3. The molecule has 0 atom stereocenters. The van der Waals surface area contributed by atoms with Gasteiger partial charge in [0.1, 0.15) is 17.5 Å². The third kappa shape index (κ3) is 3.80. The van der Waals surface area contributed by atoms with E-state index in [1.165, 1.54) is 32.1 Å². The Labute approximate surface area is 115 Å². The van der Waals surface area contributed by atoms with Gasteiger partial charge >= 0.3 is 0 Å². The zero-order valence-electron chi connectivity index (χ0n) is 12.2. The van der Waals surface area contributed by atoms with Crippen molar-refractivity contribution in [2.45, 2.75) is 64.3 Å². The first-order chi connectivity index (χ1) is 8.99. The molecule has 0 aromatic carbocycles. The molecular weight excluding hydrogens is 238 g/mol. The van der Waals surface area contributed by atoms with Crippen molar-refractivity contribution < 1.29 is 0 Å². The predicted molar refractivity (Wildman–Crippen MR) is 79.0 cm³/mol. The Bertz CT molecular complexity index is 418. The lowest BCUT2D eigenvalue weighted by molar-refractivity contribution is 0.461. The van der Waals surface area contributed by atoms with Crippen LogP contribution in [0.15, 0.2) is 6.07 Å². The van der Waals surface area contributed by atoms with Crippen LogP contribution in [-0.4, -0.2) is 16.0 Å². The molecule has 1 aromatic heterocycles.